The minimum atomic E-state index is -0.292. The Balaban J connectivity index is 0.00000243. The van der Waals surface area contributed by atoms with Crippen molar-refractivity contribution >= 4 is 45.6 Å². The SMILES string of the molecule is C.O=C(Nc1nc(CO)cs1)C(CC1CCCC1)c1ccc(Cl)c(Cl)c1. The fourth-order valence-electron chi connectivity index (χ4n) is 3.33. The van der Waals surface area contributed by atoms with E-state index in [9.17, 15) is 4.79 Å². The van der Waals surface area contributed by atoms with Crippen molar-refractivity contribution in [2.24, 2.45) is 5.92 Å². The number of aromatic nitrogens is 1. The van der Waals surface area contributed by atoms with Crippen molar-refractivity contribution in [2.75, 3.05) is 5.32 Å². The Morgan fingerprint density at radius 1 is 1.31 bits per heavy atom. The van der Waals surface area contributed by atoms with Gasteiger partial charge in [-0.2, -0.15) is 0 Å². The standard InChI is InChI=1S/C18H20Cl2N2O2S.CH4/c19-15-6-5-12(8-16(15)20)14(7-11-3-1-2-4-11)17(24)22-18-21-13(9-23)10-25-18;/h5-6,8,10-11,14,23H,1-4,7,9H2,(H,21,22,24);1H4. The van der Waals surface area contributed by atoms with Crippen molar-refractivity contribution in [2.45, 2.75) is 52.1 Å². The number of aliphatic hydroxyl groups excluding tert-OH is 1. The molecule has 0 spiro atoms. The molecule has 1 fully saturated rings. The third-order valence-corrected chi connectivity index (χ3v) is 6.20. The van der Waals surface area contributed by atoms with Gasteiger partial charge in [-0.05, 0) is 30.0 Å². The second-order valence-corrected chi connectivity index (χ2v) is 8.08. The average Bonchev–Trinajstić information content (AvgIpc) is 3.26. The number of nitrogens with one attached hydrogen (secondary N) is 1. The maximum atomic E-state index is 12.9. The van der Waals surface area contributed by atoms with Crippen molar-refractivity contribution < 1.29 is 9.90 Å². The van der Waals surface area contributed by atoms with E-state index in [0.29, 0.717) is 26.8 Å². The predicted molar refractivity (Wildman–Crippen MR) is 109 cm³/mol. The van der Waals surface area contributed by atoms with E-state index in [1.165, 1.54) is 24.2 Å². The van der Waals surface area contributed by atoms with Crippen LogP contribution in [-0.2, 0) is 11.4 Å². The molecule has 0 aliphatic heterocycles. The molecular weight excluding hydrogens is 391 g/mol. The van der Waals surface area contributed by atoms with E-state index in [0.717, 1.165) is 24.8 Å². The Morgan fingerprint density at radius 3 is 2.65 bits per heavy atom. The number of hydrogen-bond acceptors (Lipinski definition) is 4. The van der Waals surface area contributed by atoms with Crippen molar-refractivity contribution in [1.82, 2.24) is 4.98 Å². The summed E-state index contributed by atoms with van der Waals surface area (Å²) in [5.74, 6) is 0.165. The summed E-state index contributed by atoms with van der Waals surface area (Å²) in [5, 5.41) is 15.2. The average molecular weight is 415 g/mol. The van der Waals surface area contributed by atoms with Crippen LogP contribution in [0.1, 0.15) is 56.7 Å². The van der Waals surface area contributed by atoms with Gasteiger partial charge in [0, 0.05) is 5.38 Å². The van der Waals surface area contributed by atoms with Gasteiger partial charge in [-0.3, -0.25) is 4.79 Å². The Kier molecular flexibility index (Phi) is 7.89. The summed E-state index contributed by atoms with van der Waals surface area (Å²) in [6.45, 7) is -0.134. The third-order valence-electron chi connectivity index (χ3n) is 4.65. The van der Waals surface area contributed by atoms with Gasteiger partial charge in [0.25, 0.3) is 0 Å². The molecular formula is C19H24Cl2N2O2S. The molecule has 3 rings (SSSR count). The van der Waals surface area contributed by atoms with Crippen LogP contribution in [-0.4, -0.2) is 16.0 Å². The number of anilines is 1. The van der Waals surface area contributed by atoms with E-state index < -0.39 is 0 Å². The summed E-state index contributed by atoms with van der Waals surface area (Å²) in [7, 11) is 0. The molecule has 1 saturated carbocycles. The maximum Gasteiger partial charge on any atom is 0.233 e. The van der Waals surface area contributed by atoms with Gasteiger partial charge in [0.15, 0.2) is 5.13 Å². The molecule has 1 unspecified atom stereocenters. The molecule has 4 nitrogen and oxygen atoms in total. The largest absolute Gasteiger partial charge is 0.390 e. The lowest BCUT2D eigenvalue weighted by Crippen LogP contribution is -2.23. The number of carbonyl (C=O) groups is 1. The van der Waals surface area contributed by atoms with E-state index in [1.807, 2.05) is 6.07 Å². The quantitative estimate of drug-likeness (QED) is 0.619. The summed E-state index contributed by atoms with van der Waals surface area (Å²) >= 11 is 13.5. The molecule has 0 saturated heterocycles. The molecule has 2 aromatic rings. The molecule has 1 aromatic carbocycles. The summed E-state index contributed by atoms with van der Waals surface area (Å²) < 4.78 is 0. The highest BCUT2D eigenvalue weighted by Crippen LogP contribution is 2.36. The van der Waals surface area contributed by atoms with Crippen molar-refractivity contribution in [3.05, 3.63) is 44.9 Å². The zero-order valence-corrected chi connectivity index (χ0v) is 16.0. The minimum Gasteiger partial charge on any atom is -0.390 e. The van der Waals surface area contributed by atoms with Crippen LogP contribution < -0.4 is 5.32 Å². The van der Waals surface area contributed by atoms with Gasteiger partial charge in [-0.15, -0.1) is 11.3 Å². The highest BCUT2D eigenvalue weighted by molar-refractivity contribution is 7.13. The van der Waals surface area contributed by atoms with Crippen LogP contribution in [0.5, 0.6) is 0 Å². The number of carbonyl (C=O) groups excluding carboxylic acids is 1. The molecule has 1 aliphatic rings. The van der Waals surface area contributed by atoms with E-state index >= 15 is 0 Å². The Bertz CT molecular complexity index is 745. The zero-order valence-electron chi connectivity index (χ0n) is 13.7. The second-order valence-electron chi connectivity index (χ2n) is 6.40. The number of benzene rings is 1. The van der Waals surface area contributed by atoms with E-state index in [2.05, 4.69) is 10.3 Å². The van der Waals surface area contributed by atoms with Crippen LogP contribution >= 0.6 is 34.5 Å². The van der Waals surface area contributed by atoms with Crippen LogP contribution in [0.4, 0.5) is 5.13 Å². The summed E-state index contributed by atoms with van der Waals surface area (Å²) in [6, 6.07) is 5.39. The van der Waals surface area contributed by atoms with Crippen molar-refractivity contribution in [1.29, 1.82) is 0 Å². The lowest BCUT2D eigenvalue weighted by molar-refractivity contribution is -0.118. The molecule has 26 heavy (non-hydrogen) atoms. The summed E-state index contributed by atoms with van der Waals surface area (Å²) in [6.07, 6.45) is 5.58. The third kappa shape index (κ3) is 5.19. The smallest absolute Gasteiger partial charge is 0.233 e. The van der Waals surface area contributed by atoms with Crippen molar-refractivity contribution in [3.8, 4) is 0 Å². The number of halogens is 2. The normalized spacial score (nSPS) is 15.5. The highest BCUT2D eigenvalue weighted by Gasteiger charge is 2.27. The number of amides is 1. The molecule has 1 atom stereocenters. The van der Waals surface area contributed by atoms with E-state index in [1.54, 1.807) is 17.5 Å². The van der Waals surface area contributed by atoms with Crippen LogP contribution in [0.2, 0.25) is 10.0 Å². The van der Waals surface area contributed by atoms with Crippen LogP contribution in [0.3, 0.4) is 0 Å². The van der Waals surface area contributed by atoms with Crippen LogP contribution in [0.15, 0.2) is 23.6 Å². The van der Waals surface area contributed by atoms with Gasteiger partial charge in [-0.25, -0.2) is 4.98 Å². The number of rotatable bonds is 6. The molecule has 1 aliphatic carbocycles. The predicted octanol–water partition coefficient (Wildman–Crippen LogP) is 5.88. The molecule has 142 valence electrons. The van der Waals surface area contributed by atoms with Gasteiger partial charge < -0.3 is 10.4 Å². The van der Waals surface area contributed by atoms with Gasteiger partial charge >= 0.3 is 0 Å². The summed E-state index contributed by atoms with van der Waals surface area (Å²) in [4.78, 5) is 17.1. The first-order valence-corrected chi connectivity index (χ1v) is 10.0. The molecule has 0 bridgehead atoms. The van der Waals surface area contributed by atoms with Gasteiger partial charge in [-0.1, -0.05) is 62.4 Å². The molecule has 1 aromatic heterocycles. The van der Waals surface area contributed by atoms with E-state index in [4.69, 9.17) is 28.3 Å². The first kappa shape index (κ1) is 21.2. The number of aliphatic hydroxyl groups is 1. The van der Waals surface area contributed by atoms with Crippen molar-refractivity contribution in [3.63, 3.8) is 0 Å². The zero-order chi connectivity index (χ0) is 17.8. The Hall–Kier alpha value is -1.14. The first-order valence-electron chi connectivity index (χ1n) is 8.38. The van der Waals surface area contributed by atoms with Crippen LogP contribution in [0, 0.1) is 5.92 Å². The summed E-state index contributed by atoms with van der Waals surface area (Å²) in [5.41, 5.74) is 1.43. The number of nitrogens with zero attached hydrogens (tertiary/aromatic N) is 1. The molecule has 1 amide bonds. The van der Waals surface area contributed by atoms with Gasteiger partial charge in [0.1, 0.15) is 0 Å². The monoisotopic (exact) mass is 414 g/mol. The number of thiazole rings is 1. The minimum absolute atomic E-state index is 0. The first-order chi connectivity index (χ1) is 12.1. The van der Waals surface area contributed by atoms with Gasteiger partial charge in [0.2, 0.25) is 5.91 Å². The number of hydrogen-bond donors (Lipinski definition) is 2. The molecule has 2 N–H and O–H groups in total. The Morgan fingerprint density at radius 2 is 2.04 bits per heavy atom. The fraction of sp³-hybridized carbons (Fsp3) is 0.474. The second kappa shape index (κ2) is 9.70. The van der Waals surface area contributed by atoms with E-state index in [-0.39, 0.29) is 25.9 Å². The molecule has 1 heterocycles. The lowest BCUT2D eigenvalue weighted by Gasteiger charge is -2.20. The topological polar surface area (TPSA) is 62.2 Å². The molecule has 7 heteroatoms. The fourth-order valence-corrected chi connectivity index (χ4v) is 4.34. The molecule has 0 radical (unpaired) electrons. The lowest BCUT2D eigenvalue weighted by atomic mass is 9.87. The highest BCUT2D eigenvalue weighted by atomic mass is 35.5. The maximum absolute atomic E-state index is 12.9. The Labute approximate surface area is 168 Å². The van der Waals surface area contributed by atoms with Crippen LogP contribution in [0.25, 0.3) is 0 Å². The van der Waals surface area contributed by atoms with Gasteiger partial charge in [0.05, 0.1) is 28.3 Å².